The van der Waals surface area contributed by atoms with Gasteiger partial charge in [-0.3, -0.25) is 0 Å². The maximum Gasteiger partial charge on any atom is 0.216 e. The smallest absolute Gasteiger partial charge is 0.216 e. The average molecular weight is 335 g/mol. The van der Waals surface area contributed by atoms with Crippen molar-refractivity contribution in [3.8, 4) is 5.88 Å². The summed E-state index contributed by atoms with van der Waals surface area (Å²) >= 11 is 2.47. The summed E-state index contributed by atoms with van der Waals surface area (Å²) in [6, 6.07) is 4.67. The number of alkyl halides is 1. The Kier molecular flexibility index (Phi) is 4.00. The highest BCUT2D eigenvalue weighted by Crippen LogP contribution is 2.31. The van der Waals surface area contributed by atoms with Crippen LogP contribution in [0.4, 0.5) is 4.39 Å². The van der Waals surface area contributed by atoms with Crippen LogP contribution in [-0.4, -0.2) is 15.0 Å². The second kappa shape index (κ2) is 5.29. The molecule has 1 saturated carbocycles. The fourth-order valence-corrected chi connectivity index (χ4v) is 2.89. The van der Waals surface area contributed by atoms with E-state index < -0.39 is 5.95 Å². The first-order valence-electron chi connectivity index (χ1n) is 5.58. The van der Waals surface area contributed by atoms with Crippen LogP contribution in [0.5, 0.6) is 5.88 Å². The lowest BCUT2D eigenvalue weighted by atomic mass is 9.89. The number of rotatable bonds is 2. The fourth-order valence-electron chi connectivity index (χ4n) is 1.96. The predicted octanol–water partition coefficient (Wildman–Crippen LogP) is 3.59. The van der Waals surface area contributed by atoms with Crippen LogP contribution >= 0.6 is 22.6 Å². The van der Waals surface area contributed by atoms with Gasteiger partial charge in [0.2, 0.25) is 11.8 Å². The van der Waals surface area contributed by atoms with Crippen molar-refractivity contribution >= 4 is 22.6 Å². The Bertz CT molecular complexity index is 361. The minimum absolute atomic E-state index is 0.187. The second-order valence-corrected chi connectivity index (χ2v) is 5.94. The molecule has 4 heteroatoms. The molecule has 0 N–H and O–H groups in total. The van der Waals surface area contributed by atoms with E-state index in [0.29, 0.717) is 9.80 Å². The zero-order chi connectivity index (χ0) is 11.5. The lowest BCUT2D eigenvalue weighted by Gasteiger charge is -2.30. The van der Waals surface area contributed by atoms with Crippen molar-refractivity contribution in [3.63, 3.8) is 0 Å². The molecule has 1 aromatic rings. The Balaban J connectivity index is 1.95. The molecular formula is C12H15FINO. The minimum Gasteiger partial charge on any atom is -0.474 e. The minimum atomic E-state index is -0.479. The van der Waals surface area contributed by atoms with Gasteiger partial charge in [0.1, 0.15) is 6.10 Å². The Labute approximate surface area is 109 Å². The predicted molar refractivity (Wildman–Crippen MR) is 69.4 cm³/mol. The van der Waals surface area contributed by atoms with Crippen LogP contribution in [0.1, 0.15) is 26.2 Å². The second-order valence-electron chi connectivity index (χ2n) is 4.34. The van der Waals surface area contributed by atoms with Gasteiger partial charge in [-0.1, -0.05) is 35.6 Å². The molecule has 1 aromatic heterocycles. The molecule has 1 aliphatic rings. The van der Waals surface area contributed by atoms with E-state index in [1.54, 1.807) is 12.1 Å². The molecule has 1 aliphatic carbocycles. The number of halogens is 2. The van der Waals surface area contributed by atoms with Crippen LogP contribution in [0.25, 0.3) is 0 Å². The average Bonchev–Trinajstić information content (AvgIpc) is 2.24. The zero-order valence-corrected chi connectivity index (χ0v) is 11.4. The van der Waals surface area contributed by atoms with Gasteiger partial charge in [-0.15, -0.1) is 0 Å². The van der Waals surface area contributed by atoms with E-state index in [9.17, 15) is 4.39 Å². The summed E-state index contributed by atoms with van der Waals surface area (Å²) in [5.41, 5.74) is 0. The molecule has 1 unspecified atom stereocenters. The van der Waals surface area contributed by atoms with Crippen molar-refractivity contribution in [2.75, 3.05) is 0 Å². The highest BCUT2D eigenvalue weighted by molar-refractivity contribution is 14.1. The topological polar surface area (TPSA) is 22.1 Å². The molecule has 0 aliphatic heterocycles. The van der Waals surface area contributed by atoms with E-state index in [2.05, 4.69) is 34.5 Å². The van der Waals surface area contributed by atoms with Crippen LogP contribution in [-0.2, 0) is 0 Å². The standard InChI is InChI=1S/C12H15FINO/c1-8-5-6-9(7-10(8)14)16-12-4-2-3-11(13)15-12/h2-4,8-10H,5-7H2,1H3/t8-,9-,10?/m0/s1. The highest BCUT2D eigenvalue weighted by atomic mass is 127. The lowest BCUT2D eigenvalue weighted by molar-refractivity contribution is 0.135. The lowest BCUT2D eigenvalue weighted by Crippen LogP contribution is -2.30. The first kappa shape index (κ1) is 12.1. The third-order valence-electron chi connectivity index (χ3n) is 3.03. The fraction of sp³-hybridized carbons (Fsp3) is 0.583. The van der Waals surface area contributed by atoms with Gasteiger partial charge in [-0.05, 0) is 31.2 Å². The van der Waals surface area contributed by atoms with Gasteiger partial charge in [-0.25, -0.2) is 0 Å². The molecule has 2 nitrogen and oxygen atoms in total. The summed E-state index contributed by atoms with van der Waals surface area (Å²) in [5, 5.41) is 0. The number of nitrogens with zero attached hydrogens (tertiary/aromatic N) is 1. The Hall–Kier alpha value is -0.390. The molecule has 0 bridgehead atoms. The van der Waals surface area contributed by atoms with E-state index in [1.807, 2.05) is 0 Å². The molecule has 0 saturated heterocycles. The molecule has 88 valence electrons. The molecule has 0 radical (unpaired) electrons. The van der Waals surface area contributed by atoms with Crippen LogP contribution in [0.15, 0.2) is 18.2 Å². The molecule has 2 rings (SSSR count). The monoisotopic (exact) mass is 335 g/mol. The first-order chi connectivity index (χ1) is 7.65. The molecule has 0 amide bonds. The SMILES string of the molecule is C[C@H]1CC[C@H](Oc2cccc(F)n2)CC1I. The molecule has 0 aromatic carbocycles. The van der Waals surface area contributed by atoms with Crippen LogP contribution in [0.2, 0.25) is 0 Å². The molecule has 3 atom stereocenters. The third kappa shape index (κ3) is 3.06. The maximum atomic E-state index is 12.9. The van der Waals surface area contributed by atoms with Crippen molar-refractivity contribution in [3.05, 3.63) is 24.1 Å². The van der Waals surface area contributed by atoms with Gasteiger partial charge >= 0.3 is 0 Å². The number of ether oxygens (including phenoxy) is 1. The molecule has 1 heterocycles. The summed E-state index contributed by atoms with van der Waals surface area (Å²) in [5.74, 6) is 0.678. The summed E-state index contributed by atoms with van der Waals surface area (Å²) in [6.45, 7) is 2.27. The van der Waals surface area contributed by atoms with Crippen molar-refractivity contribution < 1.29 is 9.13 Å². The summed E-state index contributed by atoms with van der Waals surface area (Å²) in [4.78, 5) is 3.72. The Morgan fingerprint density at radius 2 is 2.25 bits per heavy atom. The van der Waals surface area contributed by atoms with Gasteiger partial charge in [0.05, 0.1) is 0 Å². The van der Waals surface area contributed by atoms with E-state index in [1.165, 1.54) is 12.5 Å². The maximum absolute atomic E-state index is 12.9. The summed E-state index contributed by atoms with van der Waals surface area (Å²) < 4.78 is 19.2. The Morgan fingerprint density at radius 3 is 2.94 bits per heavy atom. The van der Waals surface area contributed by atoms with Crippen LogP contribution in [0, 0.1) is 11.9 Å². The largest absolute Gasteiger partial charge is 0.474 e. The van der Waals surface area contributed by atoms with E-state index in [-0.39, 0.29) is 6.10 Å². The molecular weight excluding hydrogens is 320 g/mol. The zero-order valence-electron chi connectivity index (χ0n) is 9.20. The molecule has 16 heavy (non-hydrogen) atoms. The first-order valence-corrected chi connectivity index (χ1v) is 6.83. The van der Waals surface area contributed by atoms with E-state index in [4.69, 9.17) is 4.74 Å². The van der Waals surface area contributed by atoms with Crippen molar-refractivity contribution in [1.29, 1.82) is 0 Å². The van der Waals surface area contributed by atoms with Gasteiger partial charge in [0.25, 0.3) is 0 Å². The van der Waals surface area contributed by atoms with E-state index >= 15 is 0 Å². The number of hydrogen-bond donors (Lipinski definition) is 0. The van der Waals surface area contributed by atoms with Crippen LogP contribution in [0.3, 0.4) is 0 Å². The summed E-state index contributed by atoms with van der Waals surface area (Å²) in [6.07, 6.45) is 3.43. The molecule has 1 fully saturated rings. The summed E-state index contributed by atoms with van der Waals surface area (Å²) in [7, 11) is 0. The van der Waals surface area contributed by atoms with Crippen molar-refractivity contribution in [2.24, 2.45) is 5.92 Å². The highest BCUT2D eigenvalue weighted by Gasteiger charge is 2.27. The van der Waals surface area contributed by atoms with Crippen molar-refractivity contribution in [1.82, 2.24) is 4.98 Å². The van der Waals surface area contributed by atoms with Crippen molar-refractivity contribution in [2.45, 2.75) is 36.2 Å². The quantitative estimate of drug-likeness (QED) is 0.468. The van der Waals surface area contributed by atoms with Gasteiger partial charge in [0.15, 0.2) is 0 Å². The number of aromatic nitrogens is 1. The third-order valence-corrected chi connectivity index (χ3v) is 4.76. The number of pyridine rings is 1. The van der Waals surface area contributed by atoms with Crippen LogP contribution < -0.4 is 4.74 Å². The Morgan fingerprint density at radius 1 is 1.44 bits per heavy atom. The molecule has 0 spiro atoms. The number of hydrogen-bond acceptors (Lipinski definition) is 2. The van der Waals surface area contributed by atoms with E-state index in [0.717, 1.165) is 18.8 Å². The van der Waals surface area contributed by atoms with Gasteiger partial charge < -0.3 is 4.74 Å². The van der Waals surface area contributed by atoms with Gasteiger partial charge in [0, 0.05) is 9.99 Å². The normalized spacial score (nSPS) is 30.1. The van der Waals surface area contributed by atoms with Gasteiger partial charge in [-0.2, -0.15) is 9.37 Å².